The smallest absolute Gasteiger partial charge is 0.194 e. The molecular weight excluding hydrogens is 258 g/mol. The van der Waals surface area contributed by atoms with Gasteiger partial charge in [-0.05, 0) is 12.1 Å². The summed E-state index contributed by atoms with van der Waals surface area (Å²) in [6, 6.07) is 3.03. The number of benzene rings is 1. The van der Waals surface area contributed by atoms with Crippen LogP contribution in [0.2, 0.25) is 15.1 Å². The van der Waals surface area contributed by atoms with Crippen LogP contribution in [-0.2, 0) is 0 Å². The Kier molecular flexibility index (Phi) is 2.67. The molecule has 2 nitrogen and oxygen atoms in total. The summed E-state index contributed by atoms with van der Waals surface area (Å²) in [5.41, 5.74) is 0.385. The lowest BCUT2D eigenvalue weighted by Gasteiger charge is -1.97. The van der Waals surface area contributed by atoms with E-state index in [0.29, 0.717) is 26.0 Å². The quantitative estimate of drug-likeness (QED) is 0.556. The van der Waals surface area contributed by atoms with Gasteiger partial charge in [-0.2, -0.15) is 0 Å². The third-order valence-electron chi connectivity index (χ3n) is 2.00. The van der Waals surface area contributed by atoms with E-state index in [1.165, 1.54) is 19.1 Å². The minimum absolute atomic E-state index is 0.186. The normalized spacial score (nSPS) is 10.9. The van der Waals surface area contributed by atoms with E-state index in [9.17, 15) is 4.79 Å². The maximum Gasteiger partial charge on any atom is 0.194 e. The van der Waals surface area contributed by atoms with Gasteiger partial charge in [0.2, 0.25) is 0 Å². The maximum atomic E-state index is 11.1. The number of carbonyl (C=O) groups excluding carboxylic acids is 1. The van der Waals surface area contributed by atoms with E-state index in [2.05, 4.69) is 0 Å². The highest BCUT2D eigenvalue weighted by Gasteiger charge is 2.15. The number of hydrogen-bond donors (Lipinski definition) is 0. The van der Waals surface area contributed by atoms with Crippen molar-refractivity contribution in [1.82, 2.24) is 0 Å². The van der Waals surface area contributed by atoms with Crippen molar-refractivity contribution < 1.29 is 9.21 Å². The highest BCUT2D eigenvalue weighted by atomic mass is 35.5. The summed E-state index contributed by atoms with van der Waals surface area (Å²) in [6.07, 6.45) is 0. The second-order valence-corrected chi connectivity index (χ2v) is 4.26. The number of fused-ring (bicyclic) bond motifs is 1. The first kappa shape index (κ1) is 10.8. The van der Waals surface area contributed by atoms with Crippen LogP contribution in [0.1, 0.15) is 17.5 Å². The SMILES string of the molecule is CC(=O)c1cc2c(Cl)c(Cl)cc(Cl)c2o1. The first-order valence-corrected chi connectivity index (χ1v) is 5.22. The standard InChI is InChI=1S/C10H5Cl3O2/c1-4(14)8-2-5-9(13)6(11)3-7(12)10(5)15-8/h2-3H,1H3. The van der Waals surface area contributed by atoms with Gasteiger partial charge < -0.3 is 4.42 Å². The molecule has 1 heterocycles. The van der Waals surface area contributed by atoms with Gasteiger partial charge in [-0.15, -0.1) is 0 Å². The first-order valence-electron chi connectivity index (χ1n) is 4.08. The van der Waals surface area contributed by atoms with Crippen LogP contribution in [0.25, 0.3) is 11.0 Å². The van der Waals surface area contributed by atoms with Gasteiger partial charge in [-0.3, -0.25) is 4.79 Å². The molecule has 0 fully saturated rings. The Balaban J connectivity index is 2.85. The van der Waals surface area contributed by atoms with Crippen molar-refractivity contribution in [2.45, 2.75) is 6.92 Å². The predicted octanol–water partition coefficient (Wildman–Crippen LogP) is 4.60. The van der Waals surface area contributed by atoms with Crippen molar-refractivity contribution in [3.63, 3.8) is 0 Å². The summed E-state index contributed by atoms with van der Waals surface area (Å²) >= 11 is 17.7. The van der Waals surface area contributed by atoms with Crippen LogP contribution in [0, 0.1) is 0 Å². The molecule has 0 saturated carbocycles. The van der Waals surface area contributed by atoms with Crippen molar-refractivity contribution in [3.05, 3.63) is 33.0 Å². The fourth-order valence-corrected chi connectivity index (χ4v) is 1.98. The van der Waals surface area contributed by atoms with E-state index in [0.717, 1.165) is 0 Å². The summed E-state index contributed by atoms with van der Waals surface area (Å²) in [4.78, 5) is 11.1. The Morgan fingerprint density at radius 3 is 2.47 bits per heavy atom. The predicted molar refractivity (Wildman–Crippen MR) is 61.2 cm³/mol. The number of ketones is 1. The van der Waals surface area contributed by atoms with E-state index < -0.39 is 0 Å². The largest absolute Gasteiger partial charge is 0.451 e. The topological polar surface area (TPSA) is 30.2 Å². The molecule has 0 aliphatic rings. The van der Waals surface area contributed by atoms with Crippen LogP contribution in [0.4, 0.5) is 0 Å². The van der Waals surface area contributed by atoms with E-state index in [1.54, 1.807) is 0 Å². The van der Waals surface area contributed by atoms with Crippen LogP contribution in [0.3, 0.4) is 0 Å². The molecule has 1 aromatic heterocycles. The second-order valence-electron chi connectivity index (χ2n) is 3.06. The second kappa shape index (κ2) is 3.71. The Bertz CT molecular complexity index is 557. The Morgan fingerprint density at radius 2 is 1.87 bits per heavy atom. The molecule has 0 aliphatic heterocycles. The van der Waals surface area contributed by atoms with Gasteiger partial charge in [-0.1, -0.05) is 34.8 Å². The highest BCUT2D eigenvalue weighted by Crippen LogP contribution is 2.37. The number of furan rings is 1. The molecule has 0 spiro atoms. The van der Waals surface area contributed by atoms with Crippen molar-refractivity contribution in [2.24, 2.45) is 0 Å². The third kappa shape index (κ3) is 1.73. The molecule has 5 heteroatoms. The zero-order valence-electron chi connectivity index (χ0n) is 7.61. The number of halogens is 3. The summed E-state index contributed by atoms with van der Waals surface area (Å²) < 4.78 is 5.27. The minimum atomic E-state index is -0.186. The molecule has 15 heavy (non-hydrogen) atoms. The molecule has 0 radical (unpaired) electrons. The lowest BCUT2D eigenvalue weighted by Crippen LogP contribution is -1.85. The van der Waals surface area contributed by atoms with E-state index in [4.69, 9.17) is 39.2 Å². The molecule has 0 saturated heterocycles. The van der Waals surface area contributed by atoms with Crippen molar-refractivity contribution in [1.29, 1.82) is 0 Å². The van der Waals surface area contributed by atoms with Gasteiger partial charge in [0, 0.05) is 12.3 Å². The molecule has 0 N–H and O–H groups in total. The fourth-order valence-electron chi connectivity index (χ4n) is 1.27. The first-order chi connectivity index (χ1) is 7.00. The molecule has 0 atom stereocenters. The molecule has 1 aromatic carbocycles. The molecule has 2 rings (SSSR count). The lowest BCUT2D eigenvalue weighted by molar-refractivity contribution is 0.0989. The molecule has 0 bridgehead atoms. The molecule has 0 aliphatic carbocycles. The van der Waals surface area contributed by atoms with Crippen LogP contribution in [-0.4, -0.2) is 5.78 Å². The summed E-state index contributed by atoms with van der Waals surface area (Å²) in [6.45, 7) is 1.40. The zero-order valence-corrected chi connectivity index (χ0v) is 9.87. The molecular formula is C10H5Cl3O2. The number of hydrogen-bond acceptors (Lipinski definition) is 2. The highest BCUT2D eigenvalue weighted by molar-refractivity contribution is 6.47. The van der Waals surface area contributed by atoms with Crippen LogP contribution >= 0.6 is 34.8 Å². The van der Waals surface area contributed by atoms with Gasteiger partial charge in [-0.25, -0.2) is 0 Å². The summed E-state index contributed by atoms with van der Waals surface area (Å²) in [7, 11) is 0. The van der Waals surface area contributed by atoms with Gasteiger partial charge >= 0.3 is 0 Å². The Hall–Kier alpha value is -0.700. The number of Topliss-reactive ketones (excluding diaryl/α,β-unsaturated/α-hetero) is 1. The summed E-state index contributed by atoms with van der Waals surface area (Å²) in [5.74, 6) is 0.0329. The summed E-state index contributed by atoms with van der Waals surface area (Å²) in [5, 5.41) is 1.57. The van der Waals surface area contributed by atoms with Crippen LogP contribution in [0.5, 0.6) is 0 Å². The number of rotatable bonds is 1. The van der Waals surface area contributed by atoms with E-state index in [-0.39, 0.29) is 11.5 Å². The monoisotopic (exact) mass is 262 g/mol. The van der Waals surface area contributed by atoms with Crippen molar-refractivity contribution in [3.8, 4) is 0 Å². The van der Waals surface area contributed by atoms with Crippen LogP contribution < -0.4 is 0 Å². The van der Waals surface area contributed by atoms with Crippen molar-refractivity contribution in [2.75, 3.05) is 0 Å². The Morgan fingerprint density at radius 1 is 1.20 bits per heavy atom. The molecule has 0 amide bonds. The zero-order chi connectivity index (χ0) is 11.2. The Labute approximate surface area is 101 Å². The van der Waals surface area contributed by atoms with Crippen molar-refractivity contribution >= 4 is 51.6 Å². The molecule has 2 aromatic rings. The number of carbonyl (C=O) groups is 1. The van der Waals surface area contributed by atoms with Gasteiger partial charge in [0.15, 0.2) is 17.1 Å². The van der Waals surface area contributed by atoms with E-state index >= 15 is 0 Å². The maximum absolute atomic E-state index is 11.1. The lowest BCUT2D eigenvalue weighted by atomic mass is 10.2. The fraction of sp³-hybridized carbons (Fsp3) is 0.100. The molecule has 78 valence electrons. The third-order valence-corrected chi connectivity index (χ3v) is 3.08. The van der Waals surface area contributed by atoms with Crippen LogP contribution in [0.15, 0.2) is 16.5 Å². The van der Waals surface area contributed by atoms with Gasteiger partial charge in [0.05, 0.1) is 15.1 Å². The average molecular weight is 264 g/mol. The minimum Gasteiger partial charge on any atom is -0.451 e. The van der Waals surface area contributed by atoms with Gasteiger partial charge in [0.1, 0.15) is 0 Å². The van der Waals surface area contributed by atoms with Gasteiger partial charge in [0.25, 0.3) is 0 Å². The average Bonchev–Trinajstić information content (AvgIpc) is 2.59. The molecule has 0 unspecified atom stereocenters. The van der Waals surface area contributed by atoms with E-state index in [1.807, 2.05) is 0 Å².